The van der Waals surface area contributed by atoms with Crippen LogP contribution in [0.25, 0.3) is 0 Å². The van der Waals surface area contributed by atoms with Crippen molar-refractivity contribution in [3.63, 3.8) is 0 Å². The molecule has 0 unspecified atom stereocenters. The van der Waals surface area contributed by atoms with E-state index in [-0.39, 0.29) is 25.0 Å². The predicted octanol–water partition coefficient (Wildman–Crippen LogP) is 4.29. The average Bonchev–Trinajstić information content (AvgIpc) is 2.53. The van der Waals surface area contributed by atoms with Gasteiger partial charge in [-0.25, -0.2) is 0 Å². The van der Waals surface area contributed by atoms with Gasteiger partial charge in [0.1, 0.15) is 12.4 Å². The molecule has 0 heterocycles. The Balaban J connectivity index is 0.00000312. The molecule has 2 aromatic carbocycles. The molecule has 4 nitrogen and oxygen atoms in total. The lowest BCUT2D eigenvalue weighted by atomic mass is 10.1. The normalized spacial score (nSPS) is 11.7. The van der Waals surface area contributed by atoms with E-state index >= 15 is 0 Å². The standard InChI is InChI=1S/C19H22ClNO3.ClH/c1-14(21(2)12-19(22)23)10-15-6-8-18(9-7-15)24-13-16-4-3-5-17(20)11-16;/h3-9,11,14H,10,12-13H2,1-2H3,(H,22,23);1H/t14-;/m1./s1. The molecule has 0 saturated carbocycles. The van der Waals surface area contributed by atoms with Crippen LogP contribution in [0, 0.1) is 0 Å². The summed E-state index contributed by atoms with van der Waals surface area (Å²) in [7, 11) is 1.82. The first-order valence-corrected chi connectivity index (χ1v) is 8.20. The Morgan fingerprint density at radius 3 is 2.48 bits per heavy atom. The molecular formula is C19H23Cl2NO3. The summed E-state index contributed by atoms with van der Waals surface area (Å²) >= 11 is 5.96. The van der Waals surface area contributed by atoms with Crippen molar-refractivity contribution >= 4 is 30.0 Å². The topological polar surface area (TPSA) is 49.8 Å². The molecule has 0 aliphatic carbocycles. The van der Waals surface area contributed by atoms with Crippen LogP contribution in [0.4, 0.5) is 0 Å². The smallest absolute Gasteiger partial charge is 0.317 e. The van der Waals surface area contributed by atoms with Crippen molar-refractivity contribution in [2.45, 2.75) is 26.0 Å². The van der Waals surface area contributed by atoms with Gasteiger partial charge in [0.2, 0.25) is 0 Å². The van der Waals surface area contributed by atoms with Crippen LogP contribution in [-0.2, 0) is 17.8 Å². The van der Waals surface area contributed by atoms with Gasteiger partial charge in [-0.15, -0.1) is 12.4 Å². The minimum atomic E-state index is -0.811. The van der Waals surface area contributed by atoms with Gasteiger partial charge in [0.05, 0.1) is 6.54 Å². The number of nitrogens with zero attached hydrogens (tertiary/aromatic N) is 1. The maximum Gasteiger partial charge on any atom is 0.317 e. The molecule has 136 valence electrons. The van der Waals surface area contributed by atoms with Crippen molar-refractivity contribution in [3.8, 4) is 5.75 Å². The fourth-order valence-corrected chi connectivity index (χ4v) is 2.59. The molecule has 1 atom stereocenters. The van der Waals surface area contributed by atoms with Crippen molar-refractivity contribution in [2.75, 3.05) is 13.6 Å². The third kappa shape index (κ3) is 7.34. The lowest BCUT2D eigenvalue weighted by Crippen LogP contribution is -2.35. The summed E-state index contributed by atoms with van der Waals surface area (Å²) in [4.78, 5) is 12.6. The first kappa shape index (κ1) is 21.3. The average molecular weight is 384 g/mol. The summed E-state index contributed by atoms with van der Waals surface area (Å²) in [6, 6.07) is 15.6. The van der Waals surface area contributed by atoms with Crippen molar-refractivity contribution in [1.82, 2.24) is 4.90 Å². The van der Waals surface area contributed by atoms with Crippen LogP contribution in [-0.4, -0.2) is 35.6 Å². The van der Waals surface area contributed by atoms with Gasteiger partial charge in [-0.1, -0.05) is 35.9 Å². The highest BCUT2D eigenvalue weighted by atomic mass is 35.5. The number of hydrogen-bond donors (Lipinski definition) is 1. The van der Waals surface area contributed by atoms with Crippen LogP contribution in [0.3, 0.4) is 0 Å². The van der Waals surface area contributed by atoms with Gasteiger partial charge in [0.25, 0.3) is 0 Å². The SMILES string of the molecule is C[C@H](Cc1ccc(OCc2cccc(Cl)c2)cc1)N(C)CC(=O)O.Cl. The highest BCUT2D eigenvalue weighted by molar-refractivity contribution is 6.30. The zero-order chi connectivity index (χ0) is 17.5. The number of carbonyl (C=O) groups is 1. The van der Waals surface area contributed by atoms with Gasteiger partial charge < -0.3 is 9.84 Å². The van der Waals surface area contributed by atoms with E-state index in [1.807, 2.05) is 67.4 Å². The number of ether oxygens (including phenoxy) is 1. The minimum Gasteiger partial charge on any atom is -0.489 e. The van der Waals surface area contributed by atoms with Gasteiger partial charge in [-0.3, -0.25) is 9.69 Å². The summed E-state index contributed by atoms with van der Waals surface area (Å²) in [5.41, 5.74) is 2.17. The van der Waals surface area contributed by atoms with Crippen LogP contribution in [0.1, 0.15) is 18.1 Å². The van der Waals surface area contributed by atoms with Crippen LogP contribution in [0.15, 0.2) is 48.5 Å². The van der Waals surface area contributed by atoms with Gasteiger partial charge in [-0.05, 0) is 55.8 Å². The molecule has 0 aliphatic rings. The number of benzene rings is 2. The summed E-state index contributed by atoms with van der Waals surface area (Å²) in [5, 5.41) is 9.54. The number of hydrogen-bond acceptors (Lipinski definition) is 3. The Hall–Kier alpha value is -1.75. The fourth-order valence-electron chi connectivity index (χ4n) is 2.38. The van der Waals surface area contributed by atoms with Gasteiger partial charge in [-0.2, -0.15) is 0 Å². The number of likely N-dealkylation sites (N-methyl/N-ethyl adjacent to an activating group) is 1. The van der Waals surface area contributed by atoms with E-state index in [1.54, 1.807) is 0 Å². The van der Waals surface area contributed by atoms with E-state index in [1.165, 1.54) is 0 Å². The summed E-state index contributed by atoms with van der Waals surface area (Å²) in [6.45, 7) is 2.53. The lowest BCUT2D eigenvalue weighted by Gasteiger charge is -2.22. The van der Waals surface area contributed by atoms with E-state index in [0.29, 0.717) is 11.6 Å². The van der Waals surface area contributed by atoms with Gasteiger partial charge in [0, 0.05) is 11.1 Å². The van der Waals surface area contributed by atoms with E-state index in [2.05, 4.69) is 0 Å². The first-order valence-electron chi connectivity index (χ1n) is 7.82. The first-order chi connectivity index (χ1) is 11.4. The molecule has 0 amide bonds. The molecule has 0 bridgehead atoms. The number of carboxylic acids is 1. The zero-order valence-corrected chi connectivity index (χ0v) is 15.9. The summed E-state index contributed by atoms with van der Waals surface area (Å²) in [6.07, 6.45) is 0.790. The van der Waals surface area contributed by atoms with Crippen LogP contribution in [0.5, 0.6) is 5.75 Å². The lowest BCUT2D eigenvalue weighted by molar-refractivity contribution is -0.138. The molecule has 2 rings (SSSR count). The highest BCUT2D eigenvalue weighted by Crippen LogP contribution is 2.17. The molecular weight excluding hydrogens is 361 g/mol. The quantitative estimate of drug-likeness (QED) is 0.738. The molecule has 0 spiro atoms. The van der Waals surface area contributed by atoms with Gasteiger partial charge in [0.15, 0.2) is 0 Å². The second-order valence-electron chi connectivity index (χ2n) is 5.92. The molecule has 0 saturated heterocycles. The summed E-state index contributed by atoms with van der Waals surface area (Å²) < 4.78 is 5.76. The van der Waals surface area contributed by atoms with E-state index in [4.69, 9.17) is 21.4 Å². The number of aliphatic carboxylic acids is 1. The van der Waals surface area contributed by atoms with E-state index < -0.39 is 5.97 Å². The summed E-state index contributed by atoms with van der Waals surface area (Å²) in [5.74, 6) is -0.0145. The highest BCUT2D eigenvalue weighted by Gasteiger charge is 2.12. The second kappa shape index (κ2) is 10.3. The van der Waals surface area contributed by atoms with Crippen molar-refractivity contribution in [2.24, 2.45) is 0 Å². The molecule has 6 heteroatoms. The molecule has 0 aliphatic heterocycles. The molecule has 0 aromatic heterocycles. The van der Waals surface area contributed by atoms with Gasteiger partial charge >= 0.3 is 5.97 Å². The third-order valence-electron chi connectivity index (χ3n) is 3.89. The Morgan fingerprint density at radius 2 is 1.88 bits per heavy atom. The van der Waals surface area contributed by atoms with Crippen LogP contribution >= 0.6 is 24.0 Å². The Labute approximate surface area is 159 Å². The second-order valence-corrected chi connectivity index (χ2v) is 6.36. The number of rotatable bonds is 8. The number of carboxylic acid groups (broad SMARTS) is 1. The molecule has 25 heavy (non-hydrogen) atoms. The van der Waals surface area contributed by atoms with Crippen LogP contribution < -0.4 is 4.74 Å². The van der Waals surface area contributed by atoms with E-state index in [9.17, 15) is 4.79 Å². The molecule has 1 N–H and O–H groups in total. The van der Waals surface area contributed by atoms with Crippen molar-refractivity contribution < 1.29 is 14.6 Å². The molecule has 0 fully saturated rings. The molecule has 0 radical (unpaired) electrons. The third-order valence-corrected chi connectivity index (χ3v) is 4.12. The largest absolute Gasteiger partial charge is 0.489 e. The minimum absolute atomic E-state index is 0. The zero-order valence-electron chi connectivity index (χ0n) is 14.3. The van der Waals surface area contributed by atoms with E-state index in [0.717, 1.165) is 23.3 Å². The van der Waals surface area contributed by atoms with Crippen molar-refractivity contribution in [1.29, 1.82) is 0 Å². The number of halogens is 2. The Kier molecular flexibility index (Phi) is 8.76. The van der Waals surface area contributed by atoms with Crippen molar-refractivity contribution in [3.05, 3.63) is 64.7 Å². The Morgan fingerprint density at radius 1 is 1.20 bits per heavy atom. The maximum atomic E-state index is 10.8. The monoisotopic (exact) mass is 383 g/mol. The van der Waals surface area contributed by atoms with Crippen LogP contribution in [0.2, 0.25) is 5.02 Å². The molecule has 2 aromatic rings. The predicted molar refractivity (Wildman–Crippen MR) is 103 cm³/mol. The Bertz CT molecular complexity index is 677. The maximum absolute atomic E-state index is 10.8. The fraction of sp³-hybridized carbons (Fsp3) is 0.316.